The maximum atomic E-state index is 12.4. The lowest BCUT2D eigenvalue weighted by molar-refractivity contribution is -0.138. The van der Waals surface area contributed by atoms with Crippen LogP contribution in [0.1, 0.15) is 17.2 Å². The zero-order chi connectivity index (χ0) is 13.2. The molecular formula is C10H9F5O2. The predicted octanol–water partition coefficient (Wildman–Crippen LogP) is 3.01. The summed E-state index contributed by atoms with van der Waals surface area (Å²) >= 11 is 0. The molecule has 0 saturated heterocycles. The molecule has 0 saturated carbocycles. The number of aliphatic hydroxyl groups is 1. The summed E-state index contributed by atoms with van der Waals surface area (Å²) < 4.78 is 66.1. The van der Waals surface area contributed by atoms with Crippen molar-refractivity contribution in [3.63, 3.8) is 0 Å². The van der Waals surface area contributed by atoms with Gasteiger partial charge in [0.1, 0.15) is 11.9 Å². The van der Waals surface area contributed by atoms with E-state index >= 15 is 0 Å². The smallest absolute Gasteiger partial charge is 0.419 e. The summed E-state index contributed by atoms with van der Waals surface area (Å²) in [6.45, 7) is 0. The number of hydrogen-bond donors (Lipinski definition) is 1. The molecule has 0 aliphatic carbocycles. The van der Waals surface area contributed by atoms with Gasteiger partial charge in [-0.25, -0.2) is 8.78 Å². The monoisotopic (exact) mass is 256 g/mol. The first kappa shape index (κ1) is 13.7. The molecule has 0 radical (unpaired) electrons. The fraction of sp³-hybridized carbons (Fsp3) is 0.400. The molecule has 1 unspecified atom stereocenters. The van der Waals surface area contributed by atoms with Crippen molar-refractivity contribution in [3.8, 4) is 5.75 Å². The summed E-state index contributed by atoms with van der Waals surface area (Å²) in [5, 5.41) is 9.02. The van der Waals surface area contributed by atoms with Crippen LogP contribution in [0.25, 0.3) is 0 Å². The van der Waals surface area contributed by atoms with Crippen LogP contribution in [0.2, 0.25) is 0 Å². The van der Waals surface area contributed by atoms with Gasteiger partial charge in [-0.15, -0.1) is 0 Å². The summed E-state index contributed by atoms with van der Waals surface area (Å²) in [7, 11) is 0.989. The van der Waals surface area contributed by atoms with Crippen molar-refractivity contribution in [3.05, 3.63) is 29.3 Å². The van der Waals surface area contributed by atoms with Crippen molar-refractivity contribution in [1.29, 1.82) is 0 Å². The zero-order valence-electron chi connectivity index (χ0n) is 8.63. The minimum Gasteiger partial charge on any atom is -0.496 e. The molecule has 0 bridgehead atoms. The first-order chi connectivity index (χ1) is 7.77. The highest BCUT2D eigenvalue weighted by Gasteiger charge is 2.35. The Kier molecular flexibility index (Phi) is 3.92. The molecule has 17 heavy (non-hydrogen) atoms. The van der Waals surface area contributed by atoms with E-state index in [1.165, 1.54) is 0 Å². The maximum absolute atomic E-state index is 12.4. The van der Waals surface area contributed by atoms with E-state index < -0.39 is 30.0 Å². The molecule has 2 nitrogen and oxygen atoms in total. The fourth-order valence-electron chi connectivity index (χ4n) is 1.27. The molecule has 0 spiro atoms. The molecule has 0 heterocycles. The van der Waals surface area contributed by atoms with Crippen LogP contribution < -0.4 is 4.74 Å². The first-order valence-electron chi connectivity index (χ1n) is 4.48. The first-order valence-corrected chi connectivity index (χ1v) is 4.48. The van der Waals surface area contributed by atoms with Crippen LogP contribution in [0.15, 0.2) is 18.2 Å². The second-order valence-corrected chi connectivity index (χ2v) is 3.24. The third-order valence-electron chi connectivity index (χ3n) is 2.11. The van der Waals surface area contributed by atoms with Crippen LogP contribution in [-0.4, -0.2) is 18.6 Å². The molecule has 0 aliphatic rings. The average molecular weight is 256 g/mol. The third kappa shape index (κ3) is 3.06. The Labute approximate surface area is 93.6 Å². The van der Waals surface area contributed by atoms with E-state index in [2.05, 4.69) is 4.74 Å². The topological polar surface area (TPSA) is 29.5 Å². The molecule has 1 N–H and O–H groups in total. The van der Waals surface area contributed by atoms with Gasteiger partial charge in [0.05, 0.1) is 12.7 Å². The minimum atomic E-state index is -4.64. The molecule has 0 amide bonds. The predicted molar refractivity (Wildman–Crippen MR) is 49.0 cm³/mol. The summed E-state index contributed by atoms with van der Waals surface area (Å²) in [5.41, 5.74) is -1.41. The van der Waals surface area contributed by atoms with Crippen molar-refractivity contribution in [2.75, 3.05) is 7.11 Å². The molecule has 7 heteroatoms. The molecule has 1 rings (SSSR count). The maximum Gasteiger partial charge on any atom is 0.419 e. The number of alkyl halides is 5. The van der Waals surface area contributed by atoms with Crippen LogP contribution >= 0.6 is 0 Å². The number of rotatable bonds is 3. The van der Waals surface area contributed by atoms with Gasteiger partial charge in [-0.3, -0.25) is 0 Å². The number of hydrogen-bond acceptors (Lipinski definition) is 2. The number of ether oxygens (including phenoxy) is 1. The molecule has 0 aliphatic heterocycles. The van der Waals surface area contributed by atoms with Crippen molar-refractivity contribution in [1.82, 2.24) is 0 Å². The van der Waals surface area contributed by atoms with Gasteiger partial charge in [0.25, 0.3) is 6.43 Å². The van der Waals surface area contributed by atoms with Gasteiger partial charge >= 0.3 is 6.18 Å². The molecule has 0 aromatic heterocycles. The largest absolute Gasteiger partial charge is 0.496 e. The highest BCUT2D eigenvalue weighted by Crippen LogP contribution is 2.37. The number of methoxy groups -OCH3 is 1. The number of aliphatic hydroxyl groups excluding tert-OH is 1. The summed E-state index contributed by atoms with van der Waals surface area (Å²) in [6, 6.07) is 2.14. The fourth-order valence-corrected chi connectivity index (χ4v) is 1.27. The van der Waals surface area contributed by atoms with Gasteiger partial charge in [0, 0.05) is 0 Å². The Morgan fingerprint density at radius 3 is 2.24 bits per heavy atom. The Bertz CT molecular complexity index is 389. The summed E-state index contributed by atoms with van der Waals surface area (Å²) in [6.07, 6.45) is -9.85. The van der Waals surface area contributed by atoms with E-state index in [-0.39, 0.29) is 5.56 Å². The van der Waals surface area contributed by atoms with E-state index in [1.807, 2.05) is 0 Å². The number of benzene rings is 1. The Balaban J connectivity index is 3.18. The molecule has 1 aromatic carbocycles. The molecular weight excluding hydrogens is 247 g/mol. The van der Waals surface area contributed by atoms with E-state index in [4.69, 9.17) is 5.11 Å². The van der Waals surface area contributed by atoms with E-state index in [0.29, 0.717) is 6.07 Å². The van der Waals surface area contributed by atoms with Crippen LogP contribution in [0.4, 0.5) is 22.0 Å². The quantitative estimate of drug-likeness (QED) is 0.842. The summed E-state index contributed by atoms with van der Waals surface area (Å²) in [5.74, 6) is -0.602. The normalized spacial score (nSPS) is 13.9. The highest BCUT2D eigenvalue weighted by molar-refractivity contribution is 5.40. The van der Waals surface area contributed by atoms with Gasteiger partial charge in [-0.2, -0.15) is 13.2 Å². The molecule has 0 fully saturated rings. The van der Waals surface area contributed by atoms with E-state index in [9.17, 15) is 22.0 Å². The Hall–Kier alpha value is -1.37. The lowest BCUT2D eigenvalue weighted by atomic mass is 10.1. The van der Waals surface area contributed by atoms with Crippen LogP contribution in [-0.2, 0) is 6.18 Å². The van der Waals surface area contributed by atoms with Crippen LogP contribution in [0.3, 0.4) is 0 Å². The van der Waals surface area contributed by atoms with Gasteiger partial charge in [0.2, 0.25) is 0 Å². The SMILES string of the molecule is COc1cc(C(O)C(F)F)ccc1C(F)(F)F. The average Bonchev–Trinajstić information content (AvgIpc) is 2.25. The van der Waals surface area contributed by atoms with Crippen molar-refractivity contribution in [2.24, 2.45) is 0 Å². The molecule has 96 valence electrons. The van der Waals surface area contributed by atoms with Gasteiger partial charge < -0.3 is 9.84 Å². The lowest BCUT2D eigenvalue weighted by Gasteiger charge is -2.15. The third-order valence-corrected chi connectivity index (χ3v) is 2.11. The number of halogens is 5. The van der Waals surface area contributed by atoms with Crippen molar-refractivity contribution in [2.45, 2.75) is 18.7 Å². The van der Waals surface area contributed by atoms with Crippen LogP contribution in [0, 0.1) is 0 Å². The minimum absolute atomic E-state index is 0.329. The van der Waals surface area contributed by atoms with Crippen LogP contribution in [0.5, 0.6) is 5.75 Å². The second kappa shape index (κ2) is 4.87. The van der Waals surface area contributed by atoms with Crippen molar-refractivity contribution >= 4 is 0 Å². The second-order valence-electron chi connectivity index (χ2n) is 3.24. The summed E-state index contributed by atoms with van der Waals surface area (Å²) in [4.78, 5) is 0. The zero-order valence-corrected chi connectivity index (χ0v) is 8.63. The Morgan fingerprint density at radius 2 is 1.82 bits per heavy atom. The van der Waals surface area contributed by atoms with E-state index in [1.54, 1.807) is 0 Å². The van der Waals surface area contributed by atoms with Gasteiger partial charge in [-0.1, -0.05) is 6.07 Å². The van der Waals surface area contributed by atoms with Gasteiger partial charge in [-0.05, 0) is 17.7 Å². The van der Waals surface area contributed by atoms with Gasteiger partial charge in [0.15, 0.2) is 0 Å². The lowest BCUT2D eigenvalue weighted by Crippen LogP contribution is -2.11. The highest BCUT2D eigenvalue weighted by atomic mass is 19.4. The Morgan fingerprint density at radius 1 is 1.24 bits per heavy atom. The standard InChI is InChI=1S/C10H9F5O2/c1-17-7-4-5(8(16)9(11)12)2-3-6(7)10(13,14)15/h2-4,8-9,16H,1H3. The molecule has 1 aromatic rings. The molecule has 1 atom stereocenters. The van der Waals surface area contributed by atoms with Crippen molar-refractivity contribution < 1.29 is 31.8 Å². The van der Waals surface area contributed by atoms with E-state index in [0.717, 1.165) is 19.2 Å².